The SMILES string of the molecule is Nc1ccc(Cl)cc1CC=O. The number of rotatable bonds is 2. The number of nitrogen functional groups attached to an aromatic ring is 1. The molecule has 0 spiro atoms. The summed E-state index contributed by atoms with van der Waals surface area (Å²) in [6, 6.07) is 5.09. The summed E-state index contributed by atoms with van der Waals surface area (Å²) in [6.45, 7) is 0. The highest BCUT2D eigenvalue weighted by atomic mass is 35.5. The third kappa shape index (κ3) is 1.95. The molecule has 0 aromatic heterocycles. The molecular formula is C8H8ClNO. The van der Waals surface area contributed by atoms with Gasteiger partial charge in [-0.1, -0.05) is 11.6 Å². The molecule has 1 aromatic carbocycles. The third-order valence-electron chi connectivity index (χ3n) is 1.41. The lowest BCUT2D eigenvalue weighted by molar-refractivity contribution is -0.107. The molecule has 1 rings (SSSR count). The van der Waals surface area contributed by atoms with E-state index in [0.29, 0.717) is 17.1 Å². The van der Waals surface area contributed by atoms with Crippen molar-refractivity contribution in [1.82, 2.24) is 0 Å². The van der Waals surface area contributed by atoms with Crippen molar-refractivity contribution in [1.29, 1.82) is 0 Å². The van der Waals surface area contributed by atoms with Gasteiger partial charge in [-0.25, -0.2) is 0 Å². The van der Waals surface area contributed by atoms with Crippen molar-refractivity contribution in [2.24, 2.45) is 0 Å². The van der Waals surface area contributed by atoms with E-state index in [9.17, 15) is 4.79 Å². The lowest BCUT2D eigenvalue weighted by atomic mass is 10.1. The standard InChI is InChI=1S/C8H8ClNO/c9-7-1-2-8(10)6(5-7)3-4-11/h1-2,4-5H,3,10H2. The Morgan fingerprint density at radius 2 is 2.27 bits per heavy atom. The topological polar surface area (TPSA) is 43.1 Å². The lowest BCUT2D eigenvalue weighted by Crippen LogP contribution is -1.94. The molecule has 0 aliphatic heterocycles. The number of carbonyl (C=O) groups is 1. The fourth-order valence-electron chi connectivity index (χ4n) is 0.841. The quantitative estimate of drug-likeness (QED) is 0.541. The highest BCUT2D eigenvalue weighted by Crippen LogP contribution is 2.17. The van der Waals surface area contributed by atoms with Crippen LogP contribution in [0, 0.1) is 0 Å². The number of nitrogens with two attached hydrogens (primary N) is 1. The highest BCUT2D eigenvalue weighted by molar-refractivity contribution is 6.30. The van der Waals surface area contributed by atoms with Crippen molar-refractivity contribution < 1.29 is 4.79 Å². The van der Waals surface area contributed by atoms with Crippen LogP contribution in [0.4, 0.5) is 5.69 Å². The van der Waals surface area contributed by atoms with Crippen LogP contribution in [0.15, 0.2) is 18.2 Å². The Balaban J connectivity index is 3.01. The molecule has 1 aromatic rings. The van der Waals surface area contributed by atoms with Crippen molar-refractivity contribution in [2.45, 2.75) is 6.42 Å². The van der Waals surface area contributed by atoms with Crippen molar-refractivity contribution in [3.63, 3.8) is 0 Å². The van der Waals surface area contributed by atoms with Crippen LogP contribution in [0.2, 0.25) is 5.02 Å². The number of hydrogen-bond acceptors (Lipinski definition) is 2. The van der Waals surface area contributed by atoms with Crippen LogP contribution in [-0.4, -0.2) is 6.29 Å². The molecule has 2 nitrogen and oxygen atoms in total. The number of aldehydes is 1. The van der Waals surface area contributed by atoms with Gasteiger partial charge in [0.15, 0.2) is 0 Å². The van der Waals surface area contributed by atoms with Gasteiger partial charge in [-0.3, -0.25) is 0 Å². The highest BCUT2D eigenvalue weighted by Gasteiger charge is 1.97. The summed E-state index contributed by atoms with van der Waals surface area (Å²) >= 11 is 5.68. The summed E-state index contributed by atoms with van der Waals surface area (Å²) in [5.41, 5.74) is 6.96. The van der Waals surface area contributed by atoms with Gasteiger partial charge in [-0.05, 0) is 23.8 Å². The minimum Gasteiger partial charge on any atom is -0.398 e. The van der Waals surface area contributed by atoms with Gasteiger partial charge < -0.3 is 10.5 Å². The van der Waals surface area contributed by atoms with E-state index in [1.165, 1.54) is 0 Å². The Morgan fingerprint density at radius 1 is 1.55 bits per heavy atom. The van der Waals surface area contributed by atoms with E-state index in [-0.39, 0.29) is 0 Å². The molecule has 0 heterocycles. The van der Waals surface area contributed by atoms with Gasteiger partial charge in [-0.2, -0.15) is 0 Å². The first-order valence-corrected chi connectivity index (χ1v) is 3.59. The smallest absolute Gasteiger partial charge is 0.124 e. The zero-order valence-electron chi connectivity index (χ0n) is 5.88. The average Bonchev–Trinajstić information content (AvgIpc) is 1.98. The number of hydrogen-bond donors (Lipinski definition) is 1. The summed E-state index contributed by atoms with van der Waals surface area (Å²) in [6.07, 6.45) is 1.13. The molecular weight excluding hydrogens is 162 g/mol. The molecule has 58 valence electrons. The number of benzene rings is 1. The normalized spacial score (nSPS) is 9.55. The van der Waals surface area contributed by atoms with E-state index >= 15 is 0 Å². The minimum atomic E-state index is 0.326. The molecule has 0 bridgehead atoms. The fourth-order valence-corrected chi connectivity index (χ4v) is 1.04. The van der Waals surface area contributed by atoms with Crippen molar-refractivity contribution >= 4 is 23.6 Å². The van der Waals surface area contributed by atoms with Gasteiger partial charge in [0, 0.05) is 17.1 Å². The molecule has 2 N–H and O–H groups in total. The minimum absolute atomic E-state index is 0.326. The predicted octanol–water partition coefficient (Wildman–Crippen LogP) is 1.66. The Kier molecular flexibility index (Phi) is 2.49. The molecule has 11 heavy (non-hydrogen) atoms. The van der Waals surface area contributed by atoms with Crippen LogP contribution in [0.1, 0.15) is 5.56 Å². The van der Waals surface area contributed by atoms with Crippen molar-refractivity contribution in [3.8, 4) is 0 Å². The average molecular weight is 170 g/mol. The zero-order valence-corrected chi connectivity index (χ0v) is 6.64. The molecule has 0 saturated carbocycles. The van der Waals surface area contributed by atoms with Crippen molar-refractivity contribution in [2.75, 3.05) is 5.73 Å². The van der Waals surface area contributed by atoms with E-state index in [1.807, 2.05) is 0 Å². The summed E-state index contributed by atoms with van der Waals surface area (Å²) in [5.74, 6) is 0. The van der Waals surface area contributed by atoms with Crippen LogP contribution in [-0.2, 0) is 11.2 Å². The summed E-state index contributed by atoms with van der Waals surface area (Å²) in [7, 11) is 0. The molecule has 0 amide bonds. The van der Waals surface area contributed by atoms with Crippen LogP contribution in [0.5, 0.6) is 0 Å². The Labute approximate surface area is 70.0 Å². The van der Waals surface area contributed by atoms with Gasteiger partial charge in [0.05, 0.1) is 0 Å². The van der Waals surface area contributed by atoms with Gasteiger partial charge in [0.2, 0.25) is 0 Å². The van der Waals surface area contributed by atoms with Crippen molar-refractivity contribution in [3.05, 3.63) is 28.8 Å². The summed E-state index contributed by atoms with van der Waals surface area (Å²) in [4.78, 5) is 10.1. The second-order valence-corrected chi connectivity index (χ2v) is 2.65. The van der Waals surface area contributed by atoms with E-state index in [1.54, 1.807) is 18.2 Å². The van der Waals surface area contributed by atoms with Crippen LogP contribution in [0.3, 0.4) is 0 Å². The fraction of sp³-hybridized carbons (Fsp3) is 0.125. The second-order valence-electron chi connectivity index (χ2n) is 2.21. The maximum atomic E-state index is 10.1. The maximum Gasteiger partial charge on any atom is 0.124 e. The monoisotopic (exact) mass is 169 g/mol. The van der Waals surface area contributed by atoms with Crippen LogP contribution in [0.25, 0.3) is 0 Å². The van der Waals surface area contributed by atoms with E-state index in [0.717, 1.165) is 11.8 Å². The molecule has 0 radical (unpaired) electrons. The molecule has 0 saturated heterocycles. The zero-order chi connectivity index (χ0) is 8.27. The molecule has 0 fully saturated rings. The molecule has 0 unspecified atom stereocenters. The maximum absolute atomic E-state index is 10.1. The number of halogens is 1. The van der Waals surface area contributed by atoms with E-state index in [4.69, 9.17) is 17.3 Å². The Morgan fingerprint density at radius 3 is 2.91 bits per heavy atom. The molecule has 3 heteroatoms. The van der Waals surface area contributed by atoms with Crippen LogP contribution >= 0.6 is 11.6 Å². The second kappa shape index (κ2) is 3.39. The predicted molar refractivity (Wildman–Crippen MR) is 45.6 cm³/mol. The Hall–Kier alpha value is -1.02. The summed E-state index contributed by atoms with van der Waals surface area (Å²) < 4.78 is 0. The van der Waals surface area contributed by atoms with Crippen LogP contribution < -0.4 is 5.73 Å². The first kappa shape index (κ1) is 8.08. The van der Waals surface area contributed by atoms with Gasteiger partial charge >= 0.3 is 0 Å². The molecule has 0 aliphatic rings. The third-order valence-corrected chi connectivity index (χ3v) is 1.64. The first-order valence-electron chi connectivity index (χ1n) is 3.21. The van der Waals surface area contributed by atoms with E-state index < -0.39 is 0 Å². The first-order chi connectivity index (χ1) is 5.24. The largest absolute Gasteiger partial charge is 0.398 e. The molecule has 0 aliphatic carbocycles. The number of anilines is 1. The van der Waals surface area contributed by atoms with E-state index in [2.05, 4.69) is 0 Å². The molecule has 0 atom stereocenters. The van der Waals surface area contributed by atoms with Gasteiger partial charge in [0.1, 0.15) is 6.29 Å². The Bertz CT molecular complexity index is 273. The van der Waals surface area contributed by atoms with Gasteiger partial charge in [-0.15, -0.1) is 0 Å². The lowest BCUT2D eigenvalue weighted by Gasteiger charge is -2.00. The number of carbonyl (C=O) groups excluding carboxylic acids is 1. The summed E-state index contributed by atoms with van der Waals surface area (Å²) in [5, 5.41) is 0.607. The van der Waals surface area contributed by atoms with Gasteiger partial charge in [0.25, 0.3) is 0 Å².